The van der Waals surface area contributed by atoms with Crippen LogP contribution in [0.2, 0.25) is 0 Å². The lowest BCUT2D eigenvalue weighted by Crippen LogP contribution is -2.20. The Morgan fingerprint density at radius 2 is 1.68 bits per heavy atom. The van der Waals surface area contributed by atoms with Crippen LogP contribution in [0.4, 0.5) is 5.69 Å². The predicted octanol–water partition coefficient (Wildman–Crippen LogP) is 6.07. The Hall–Kier alpha value is -3.37. The molecule has 0 bridgehead atoms. The van der Waals surface area contributed by atoms with Gasteiger partial charge in [-0.3, -0.25) is 9.59 Å². The van der Waals surface area contributed by atoms with Gasteiger partial charge in [-0.15, -0.1) is 0 Å². The van der Waals surface area contributed by atoms with Crippen LogP contribution in [-0.4, -0.2) is 31.7 Å². The number of benzene rings is 3. The second-order valence-electron chi connectivity index (χ2n) is 7.72. The maximum Gasteiger partial charge on any atom is 0.240 e. The van der Waals surface area contributed by atoms with Crippen LogP contribution in [0, 0.1) is 0 Å². The molecule has 0 spiro atoms. The van der Waals surface area contributed by atoms with Crippen molar-refractivity contribution in [2.45, 2.75) is 26.4 Å². The number of hydrazone groups is 1. The molecule has 0 aliphatic heterocycles. The minimum absolute atomic E-state index is 0.00381. The second kappa shape index (κ2) is 14.4. The Kier molecular flexibility index (Phi) is 11.0. The highest BCUT2D eigenvalue weighted by Gasteiger charge is 2.13. The molecule has 2 N–H and O–H groups in total. The molecule has 194 valence electrons. The number of methoxy groups -OCH3 is 1. The summed E-state index contributed by atoms with van der Waals surface area (Å²) >= 11 is 6.96. The normalized spacial score (nSPS) is 10.7. The number of rotatable bonds is 12. The van der Waals surface area contributed by atoms with Crippen LogP contribution in [0.25, 0.3) is 0 Å². The number of ether oxygens (including phenoxy) is 3. The zero-order valence-electron chi connectivity index (χ0n) is 20.4. The number of carbonyl (C=O) groups is 2. The van der Waals surface area contributed by atoms with Gasteiger partial charge in [0.15, 0.2) is 11.5 Å². The average molecular weight is 633 g/mol. The fourth-order valence-corrected chi connectivity index (χ4v) is 4.06. The van der Waals surface area contributed by atoms with Gasteiger partial charge in [-0.25, -0.2) is 5.43 Å². The van der Waals surface area contributed by atoms with Crippen molar-refractivity contribution in [1.29, 1.82) is 0 Å². The fraction of sp³-hybridized carbons (Fsp3) is 0.222. The standard InChI is InChI=1S/C27H27Br2N3O5/c1-3-36-24-15-19(14-21(29)27(24)37-17-18-8-10-20(28)11-9-18)16-30-32-26(34)13-12-25(33)31-22-6-4-5-7-23(22)35-2/h4-11,14-16H,3,12-13,17H2,1-2H3,(H,31,33)(H,32,34). The van der Waals surface area contributed by atoms with Gasteiger partial charge in [-0.05, 0) is 70.4 Å². The number of hydrogen-bond acceptors (Lipinski definition) is 6. The van der Waals surface area contributed by atoms with E-state index in [1.165, 1.54) is 13.3 Å². The molecule has 0 aliphatic carbocycles. The summed E-state index contributed by atoms with van der Waals surface area (Å²) in [7, 11) is 1.52. The van der Waals surface area contributed by atoms with E-state index in [9.17, 15) is 9.59 Å². The van der Waals surface area contributed by atoms with E-state index in [2.05, 4.69) is 47.7 Å². The molecular formula is C27H27Br2N3O5. The van der Waals surface area contributed by atoms with Crippen LogP contribution >= 0.6 is 31.9 Å². The molecule has 0 aliphatic rings. The van der Waals surface area contributed by atoms with E-state index in [0.717, 1.165) is 10.0 Å². The van der Waals surface area contributed by atoms with Crippen LogP contribution in [-0.2, 0) is 16.2 Å². The van der Waals surface area contributed by atoms with E-state index >= 15 is 0 Å². The number of halogens is 2. The lowest BCUT2D eigenvalue weighted by Gasteiger charge is -2.14. The molecule has 0 aromatic heterocycles. The minimum atomic E-state index is -0.384. The molecule has 2 amide bonds. The van der Waals surface area contributed by atoms with Crippen molar-refractivity contribution in [2.75, 3.05) is 19.0 Å². The summed E-state index contributed by atoms with van der Waals surface area (Å²) in [5.41, 5.74) is 4.70. The van der Waals surface area contributed by atoms with Crippen LogP contribution in [0.5, 0.6) is 17.2 Å². The first-order valence-electron chi connectivity index (χ1n) is 11.5. The van der Waals surface area contributed by atoms with Gasteiger partial charge in [-0.2, -0.15) is 5.10 Å². The molecule has 10 heteroatoms. The van der Waals surface area contributed by atoms with Crippen LogP contribution in [0.3, 0.4) is 0 Å². The van der Waals surface area contributed by atoms with Crippen molar-refractivity contribution in [2.24, 2.45) is 5.10 Å². The van der Waals surface area contributed by atoms with Crippen molar-refractivity contribution in [3.63, 3.8) is 0 Å². The molecule has 0 unspecified atom stereocenters. The summed E-state index contributed by atoms with van der Waals surface area (Å²) in [6.45, 7) is 2.72. The van der Waals surface area contributed by atoms with Gasteiger partial charge in [0.1, 0.15) is 12.4 Å². The maximum absolute atomic E-state index is 12.2. The second-order valence-corrected chi connectivity index (χ2v) is 9.49. The average Bonchev–Trinajstić information content (AvgIpc) is 2.88. The molecule has 0 saturated heterocycles. The third kappa shape index (κ3) is 8.91. The Bertz CT molecular complexity index is 1250. The molecule has 3 aromatic rings. The quantitative estimate of drug-likeness (QED) is 0.187. The number of nitrogens with one attached hydrogen (secondary N) is 2. The number of anilines is 1. The van der Waals surface area contributed by atoms with Crippen molar-refractivity contribution in [1.82, 2.24) is 5.43 Å². The van der Waals surface area contributed by atoms with E-state index in [4.69, 9.17) is 14.2 Å². The number of hydrogen-bond donors (Lipinski definition) is 2. The number of carbonyl (C=O) groups excluding carboxylic acids is 2. The Labute approximate surface area is 232 Å². The monoisotopic (exact) mass is 631 g/mol. The Balaban J connectivity index is 1.54. The van der Waals surface area contributed by atoms with E-state index in [0.29, 0.717) is 46.2 Å². The Morgan fingerprint density at radius 1 is 0.946 bits per heavy atom. The fourth-order valence-electron chi connectivity index (χ4n) is 3.22. The van der Waals surface area contributed by atoms with E-state index in [-0.39, 0.29) is 24.7 Å². The van der Waals surface area contributed by atoms with Gasteiger partial charge in [0.2, 0.25) is 11.8 Å². The molecule has 8 nitrogen and oxygen atoms in total. The lowest BCUT2D eigenvalue weighted by molar-refractivity contribution is -0.124. The summed E-state index contributed by atoms with van der Waals surface area (Å²) in [4.78, 5) is 24.3. The van der Waals surface area contributed by atoms with Crippen LogP contribution in [0.15, 0.2) is 74.7 Å². The highest BCUT2D eigenvalue weighted by Crippen LogP contribution is 2.37. The lowest BCUT2D eigenvalue weighted by atomic mass is 10.2. The van der Waals surface area contributed by atoms with Crippen molar-refractivity contribution in [3.05, 3.63) is 80.7 Å². The number of amides is 2. The predicted molar refractivity (Wildman–Crippen MR) is 150 cm³/mol. The molecule has 0 fully saturated rings. The van der Waals surface area contributed by atoms with Crippen molar-refractivity contribution < 1.29 is 23.8 Å². The number of nitrogens with zero attached hydrogens (tertiary/aromatic N) is 1. The molecule has 0 atom stereocenters. The summed E-state index contributed by atoms with van der Waals surface area (Å²) < 4.78 is 18.7. The SMILES string of the molecule is CCOc1cc(C=NNC(=O)CCC(=O)Nc2ccccc2OC)cc(Br)c1OCc1ccc(Br)cc1. The van der Waals surface area contributed by atoms with Gasteiger partial charge in [0.05, 0.1) is 30.1 Å². The number of para-hydroxylation sites is 2. The first-order valence-corrected chi connectivity index (χ1v) is 13.1. The molecule has 0 saturated carbocycles. The zero-order valence-corrected chi connectivity index (χ0v) is 23.6. The van der Waals surface area contributed by atoms with Gasteiger partial charge < -0.3 is 19.5 Å². The minimum Gasteiger partial charge on any atom is -0.495 e. The molecule has 3 aromatic carbocycles. The summed E-state index contributed by atoms with van der Waals surface area (Å²) in [6, 6.07) is 18.5. The van der Waals surface area contributed by atoms with Crippen LogP contribution < -0.4 is 25.0 Å². The van der Waals surface area contributed by atoms with Gasteiger partial charge in [0, 0.05) is 17.3 Å². The molecule has 0 heterocycles. The van der Waals surface area contributed by atoms with Crippen LogP contribution in [0.1, 0.15) is 30.9 Å². The van der Waals surface area contributed by atoms with Crippen molar-refractivity contribution in [3.8, 4) is 17.2 Å². The van der Waals surface area contributed by atoms with E-state index in [1.807, 2.05) is 37.3 Å². The smallest absolute Gasteiger partial charge is 0.240 e. The van der Waals surface area contributed by atoms with Crippen molar-refractivity contribution >= 4 is 55.6 Å². The van der Waals surface area contributed by atoms with E-state index < -0.39 is 0 Å². The maximum atomic E-state index is 12.2. The summed E-state index contributed by atoms with van der Waals surface area (Å²) in [6.07, 6.45) is 1.48. The first kappa shape index (κ1) is 28.2. The first-order chi connectivity index (χ1) is 17.9. The third-order valence-corrected chi connectivity index (χ3v) is 6.11. The zero-order chi connectivity index (χ0) is 26.6. The Morgan fingerprint density at radius 3 is 2.41 bits per heavy atom. The molecule has 37 heavy (non-hydrogen) atoms. The summed E-state index contributed by atoms with van der Waals surface area (Å²) in [5.74, 6) is 0.992. The molecule has 0 radical (unpaired) electrons. The van der Waals surface area contributed by atoms with Gasteiger partial charge in [0.25, 0.3) is 0 Å². The highest BCUT2D eigenvalue weighted by molar-refractivity contribution is 9.10. The highest BCUT2D eigenvalue weighted by atomic mass is 79.9. The largest absolute Gasteiger partial charge is 0.495 e. The van der Waals surface area contributed by atoms with Gasteiger partial charge in [-0.1, -0.05) is 40.2 Å². The summed E-state index contributed by atoms with van der Waals surface area (Å²) in [5, 5.41) is 6.74. The molecule has 3 rings (SSSR count). The topological polar surface area (TPSA) is 98.2 Å². The van der Waals surface area contributed by atoms with Gasteiger partial charge >= 0.3 is 0 Å². The molecular weight excluding hydrogens is 606 g/mol. The van der Waals surface area contributed by atoms with E-state index in [1.54, 1.807) is 30.3 Å². The third-order valence-electron chi connectivity index (χ3n) is 4.99.